The molecule has 0 radical (unpaired) electrons. The predicted octanol–water partition coefficient (Wildman–Crippen LogP) is 3.93. The smallest absolute Gasteiger partial charge is 0.329 e. The first-order valence-electron chi connectivity index (χ1n) is 6.16. The Labute approximate surface area is 131 Å². The molecule has 5 nitrogen and oxygen atoms in total. The maximum absolute atomic E-state index is 12.5. The van der Waals surface area contributed by atoms with Gasteiger partial charge in [-0.05, 0) is 17.7 Å². The molecule has 0 aliphatic heterocycles. The van der Waals surface area contributed by atoms with E-state index in [1.165, 1.54) is 12.1 Å². The third kappa shape index (κ3) is 4.24. The van der Waals surface area contributed by atoms with E-state index >= 15 is 0 Å². The summed E-state index contributed by atoms with van der Waals surface area (Å²) >= 11 is 0. The second-order valence-corrected chi connectivity index (χ2v) is 6.95. The van der Waals surface area contributed by atoms with Gasteiger partial charge in [0.2, 0.25) is 0 Å². The van der Waals surface area contributed by atoms with E-state index in [-0.39, 0.29) is 17.9 Å². The molecule has 1 atom stereocenters. The van der Waals surface area contributed by atoms with Gasteiger partial charge in [0.05, 0.1) is 5.69 Å². The first kappa shape index (κ1) is 18.2. The van der Waals surface area contributed by atoms with Crippen molar-refractivity contribution in [2.45, 2.75) is 18.1 Å². The van der Waals surface area contributed by atoms with Crippen LogP contribution in [0.1, 0.15) is 17.3 Å². The Morgan fingerprint density at radius 2 is 1.71 bits per heavy atom. The van der Waals surface area contributed by atoms with Crippen LogP contribution in [0.25, 0.3) is 0 Å². The monoisotopic (exact) mass is 373 g/mol. The van der Waals surface area contributed by atoms with E-state index in [1.807, 2.05) is 0 Å². The highest BCUT2D eigenvalue weighted by atomic mass is 32.2. The lowest BCUT2D eigenvalue weighted by Gasteiger charge is -2.08. The number of hydrogen-bond acceptors (Lipinski definition) is 5. The number of alkyl halides is 6. The SMILES string of the molecule is CS(=O)(=Nc1ccc(Cc2noc(C(F)(F)F)n2)cc1)C(F)(F)F. The second-order valence-electron chi connectivity index (χ2n) is 4.70. The molecule has 0 aliphatic carbocycles. The Bertz CT molecular complexity index is 832. The minimum atomic E-state index is -4.97. The Kier molecular flexibility index (Phi) is 4.61. The zero-order valence-corrected chi connectivity index (χ0v) is 12.7. The van der Waals surface area contributed by atoms with Crippen molar-refractivity contribution in [3.8, 4) is 0 Å². The summed E-state index contributed by atoms with van der Waals surface area (Å²) < 4.78 is 93.1. The second kappa shape index (κ2) is 6.07. The molecule has 1 heterocycles. The van der Waals surface area contributed by atoms with Crippen LogP contribution in [0.4, 0.5) is 32.0 Å². The van der Waals surface area contributed by atoms with Gasteiger partial charge in [-0.1, -0.05) is 17.3 Å². The van der Waals surface area contributed by atoms with Crippen LogP contribution in [0.3, 0.4) is 0 Å². The van der Waals surface area contributed by atoms with Gasteiger partial charge in [-0.25, -0.2) is 4.21 Å². The van der Waals surface area contributed by atoms with E-state index in [2.05, 4.69) is 19.0 Å². The first-order chi connectivity index (χ1) is 10.9. The van der Waals surface area contributed by atoms with Crippen molar-refractivity contribution in [1.29, 1.82) is 0 Å². The molecule has 1 aromatic carbocycles. The third-order valence-electron chi connectivity index (χ3n) is 2.72. The van der Waals surface area contributed by atoms with Crippen molar-refractivity contribution in [2.75, 3.05) is 6.26 Å². The van der Waals surface area contributed by atoms with Crippen LogP contribution in [-0.2, 0) is 22.3 Å². The Hall–Kier alpha value is -2.11. The van der Waals surface area contributed by atoms with E-state index in [9.17, 15) is 30.6 Å². The maximum Gasteiger partial charge on any atom is 0.479 e. The van der Waals surface area contributed by atoms with E-state index in [4.69, 9.17) is 0 Å². The van der Waals surface area contributed by atoms with E-state index < -0.39 is 27.3 Å². The van der Waals surface area contributed by atoms with E-state index in [0.29, 0.717) is 11.8 Å². The summed E-state index contributed by atoms with van der Waals surface area (Å²) in [6.45, 7) is 0. The van der Waals surface area contributed by atoms with Crippen molar-refractivity contribution in [1.82, 2.24) is 10.1 Å². The maximum atomic E-state index is 12.5. The lowest BCUT2D eigenvalue weighted by atomic mass is 10.1. The third-order valence-corrected chi connectivity index (χ3v) is 4.14. The highest BCUT2D eigenvalue weighted by Crippen LogP contribution is 2.29. The van der Waals surface area contributed by atoms with Crippen LogP contribution < -0.4 is 0 Å². The molecule has 0 saturated heterocycles. The Balaban J connectivity index is 2.18. The number of halogens is 6. The summed E-state index contributed by atoms with van der Waals surface area (Å²) in [5.41, 5.74) is -4.73. The molecule has 0 spiro atoms. The van der Waals surface area contributed by atoms with Gasteiger partial charge in [-0.15, -0.1) is 0 Å². The lowest BCUT2D eigenvalue weighted by molar-refractivity contribution is -0.159. The molecule has 24 heavy (non-hydrogen) atoms. The number of hydrogen-bond donors (Lipinski definition) is 0. The van der Waals surface area contributed by atoms with Crippen LogP contribution in [0.2, 0.25) is 0 Å². The zero-order chi connectivity index (χ0) is 18.2. The van der Waals surface area contributed by atoms with Crippen molar-refractivity contribution in [3.05, 3.63) is 41.5 Å². The average molecular weight is 373 g/mol. The van der Waals surface area contributed by atoms with Gasteiger partial charge in [-0.2, -0.15) is 35.7 Å². The Morgan fingerprint density at radius 1 is 1.12 bits per heavy atom. The van der Waals surface area contributed by atoms with Crippen LogP contribution in [0.15, 0.2) is 33.2 Å². The summed E-state index contributed by atoms with van der Waals surface area (Å²) in [5.74, 6) is -1.72. The fourth-order valence-electron chi connectivity index (χ4n) is 1.55. The van der Waals surface area contributed by atoms with Crippen molar-refractivity contribution < 1.29 is 35.1 Å². The largest absolute Gasteiger partial charge is 0.479 e. The summed E-state index contributed by atoms with van der Waals surface area (Å²) in [7, 11) is -4.43. The average Bonchev–Trinajstić information content (AvgIpc) is 2.88. The minimum Gasteiger partial charge on any atom is -0.329 e. The van der Waals surface area contributed by atoms with Gasteiger partial charge in [0.1, 0.15) is 9.73 Å². The van der Waals surface area contributed by atoms with Crippen LogP contribution in [0.5, 0.6) is 0 Å². The molecule has 0 aliphatic rings. The van der Waals surface area contributed by atoms with Crippen molar-refractivity contribution >= 4 is 15.4 Å². The van der Waals surface area contributed by atoms with Gasteiger partial charge >= 0.3 is 17.6 Å². The molecule has 1 aromatic heterocycles. The molecule has 0 saturated carbocycles. The lowest BCUT2D eigenvalue weighted by Crippen LogP contribution is -2.20. The molecular weight excluding hydrogens is 364 g/mol. The zero-order valence-electron chi connectivity index (χ0n) is 11.9. The highest BCUT2D eigenvalue weighted by Gasteiger charge is 2.40. The fourth-order valence-corrected chi connectivity index (χ4v) is 2.18. The number of nitrogens with zero attached hydrogens (tertiary/aromatic N) is 3. The number of aromatic nitrogens is 2. The van der Waals surface area contributed by atoms with Gasteiger partial charge in [0.15, 0.2) is 5.82 Å². The molecule has 0 fully saturated rings. The van der Waals surface area contributed by atoms with Crippen molar-refractivity contribution in [2.24, 2.45) is 4.36 Å². The van der Waals surface area contributed by atoms with E-state index in [1.54, 1.807) is 0 Å². The molecule has 0 N–H and O–H groups in total. The minimum absolute atomic E-state index is 0.124. The normalized spacial score (nSPS) is 15.1. The molecule has 0 amide bonds. The van der Waals surface area contributed by atoms with Gasteiger partial charge < -0.3 is 4.52 Å². The molecule has 2 rings (SSSR count). The summed E-state index contributed by atoms with van der Waals surface area (Å²) in [6.07, 6.45) is -4.41. The van der Waals surface area contributed by atoms with Crippen molar-refractivity contribution in [3.63, 3.8) is 0 Å². The molecule has 0 bridgehead atoms. The van der Waals surface area contributed by atoms with Crippen LogP contribution >= 0.6 is 0 Å². The topological polar surface area (TPSA) is 68.3 Å². The molecule has 132 valence electrons. The van der Waals surface area contributed by atoms with Gasteiger partial charge in [0.25, 0.3) is 0 Å². The highest BCUT2D eigenvalue weighted by molar-refractivity contribution is 7.93. The van der Waals surface area contributed by atoms with Crippen LogP contribution in [0, 0.1) is 0 Å². The molecule has 2 aromatic rings. The quantitative estimate of drug-likeness (QED) is 0.765. The van der Waals surface area contributed by atoms with Gasteiger partial charge in [-0.3, -0.25) is 0 Å². The fraction of sp³-hybridized carbons (Fsp3) is 0.333. The standard InChI is InChI=1S/C12H9F6N3O2S/c1-24(22,12(16,17)18)21-8-4-2-7(3-5-8)6-9-19-10(23-20-9)11(13,14)15/h2-5H,6H2,1H3. The van der Waals surface area contributed by atoms with Gasteiger partial charge in [0, 0.05) is 12.7 Å². The van der Waals surface area contributed by atoms with E-state index in [0.717, 1.165) is 12.1 Å². The number of benzene rings is 1. The first-order valence-corrected chi connectivity index (χ1v) is 8.08. The summed E-state index contributed by atoms with van der Waals surface area (Å²) in [5, 5.41) is 3.17. The summed E-state index contributed by atoms with van der Waals surface area (Å²) in [4.78, 5) is 3.17. The predicted molar refractivity (Wildman–Crippen MR) is 70.8 cm³/mol. The molecule has 12 heteroatoms. The summed E-state index contributed by atoms with van der Waals surface area (Å²) in [6, 6.07) is 4.95. The molecular formula is C12H9F6N3O2S. The number of rotatable bonds is 3. The molecule has 1 unspecified atom stereocenters. The van der Waals surface area contributed by atoms with Crippen LogP contribution in [-0.4, -0.2) is 26.1 Å². The Morgan fingerprint density at radius 3 is 2.17 bits per heavy atom.